The Morgan fingerprint density at radius 1 is 1.07 bits per heavy atom. The van der Waals surface area contributed by atoms with Crippen LogP contribution in [0.5, 0.6) is 0 Å². The summed E-state index contributed by atoms with van der Waals surface area (Å²) in [5.41, 5.74) is -0.149. The number of rotatable bonds is 6. The van der Waals surface area contributed by atoms with Crippen molar-refractivity contribution in [2.75, 3.05) is 11.9 Å². The number of aromatic nitrogens is 2. The van der Waals surface area contributed by atoms with Gasteiger partial charge in [-0.1, -0.05) is 18.2 Å². The number of sulfonamides is 1. The molecule has 0 aliphatic carbocycles. The molecule has 0 atom stereocenters. The molecule has 0 aliphatic heterocycles. The molecule has 1 amide bonds. The largest absolute Gasteiger partial charge is 0.416 e. The number of para-hydroxylation sites is 2. The molecule has 2 aromatic carbocycles. The summed E-state index contributed by atoms with van der Waals surface area (Å²) in [7, 11) is -4.31. The third-order valence-corrected chi connectivity index (χ3v) is 5.22. The van der Waals surface area contributed by atoms with Crippen LogP contribution in [0.4, 0.5) is 18.9 Å². The molecule has 7 nitrogen and oxygen atoms in total. The van der Waals surface area contributed by atoms with Crippen LogP contribution in [0.15, 0.2) is 71.9 Å². The Kier molecular flexibility index (Phi) is 5.71. The maximum Gasteiger partial charge on any atom is 0.416 e. The lowest BCUT2D eigenvalue weighted by molar-refractivity contribution is -0.137. The maximum absolute atomic E-state index is 12.8. The van der Waals surface area contributed by atoms with E-state index in [1.807, 2.05) is 4.72 Å². The molecule has 0 bridgehead atoms. The average Bonchev–Trinajstić information content (AvgIpc) is 3.21. The number of halogens is 3. The molecule has 3 rings (SSSR count). The summed E-state index contributed by atoms with van der Waals surface area (Å²) < 4.78 is 66.4. The van der Waals surface area contributed by atoms with E-state index >= 15 is 0 Å². The van der Waals surface area contributed by atoms with E-state index in [1.165, 1.54) is 4.68 Å². The smallest absolute Gasteiger partial charge is 0.323 e. The number of nitrogens with one attached hydrogen (secondary N) is 2. The highest BCUT2D eigenvalue weighted by Gasteiger charge is 2.31. The van der Waals surface area contributed by atoms with Gasteiger partial charge in [-0.25, -0.2) is 17.8 Å². The number of amides is 1. The van der Waals surface area contributed by atoms with Crippen LogP contribution < -0.4 is 10.0 Å². The van der Waals surface area contributed by atoms with Crippen molar-refractivity contribution in [1.82, 2.24) is 14.5 Å². The lowest BCUT2D eigenvalue weighted by atomic mass is 10.2. The minimum absolute atomic E-state index is 0.388. The first kappa shape index (κ1) is 20.6. The van der Waals surface area contributed by atoms with Gasteiger partial charge in [-0.3, -0.25) is 4.79 Å². The Morgan fingerprint density at radius 3 is 2.52 bits per heavy atom. The molecular weight excluding hydrogens is 409 g/mol. The fraction of sp³-hybridized carbons (Fsp3) is 0.111. The molecule has 0 saturated heterocycles. The molecule has 3 aromatic rings. The highest BCUT2D eigenvalue weighted by atomic mass is 32.2. The number of carbonyl (C=O) groups is 1. The summed E-state index contributed by atoms with van der Waals surface area (Å²) in [5.74, 6) is -0.694. The summed E-state index contributed by atoms with van der Waals surface area (Å²) in [6, 6.07) is 11.7. The van der Waals surface area contributed by atoms with Crippen molar-refractivity contribution in [3.05, 3.63) is 72.6 Å². The predicted octanol–water partition coefficient (Wildman–Crippen LogP) is 2.81. The van der Waals surface area contributed by atoms with Gasteiger partial charge in [0.25, 0.3) is 0 Å². The van der Waals surface area contributed by atoms with Crippen LogP contribution in [0.3, 0.4) is 0 Å². The van der Waals surface area contributed by atoms with Crippen molar-refractivity contribution in [3.8, 4) is 5.69 Å². The quantitative estimate of drug-likeness (QED) is 0.637. The Hall–Kier alpha value is -3.18. The van der Waals surface area contributed by atoms with E-state index in [9.17, 15) is 26.4 Å². The Balaban J connectivity index is 1.70. The van der Waals surface area contributed by atoms with Gasteiger partial charge in [0.1, 0.15) is 0 Å². The van der Waals surface area contributed by atoms with E-state index in [0.29, 0.717) is 17.4 Å². The molecular formula is C18H15F3N4O3S. The van der Waals surface area contributed by atoms with Gasteiger partial charge in [0, 0.05) is 12.4 Å². The Labute approximate surface area is 164 Å². The summed E-state index contributed by atoms with van der Waals surface area (Å²) in [6.45, 7) is -0.661. The number of hydrogen-bond acceptors (Lipinski definition) is 4. The lowest BCUT2D eigenvalue weighted by Crippen LogP contribution is -2.33. The van der Waals surface area contributed by atoms with Gasteiger partial charge < -0.3 is 5.32 Å². The van der Waals surface area contributed by atoms with E-state index in [-0.39, 0.29) is 0 Å². The Bertz CT molecular complexity index is 1110. The number of carbonyl (C=O) groups excluding carboxylic acids is 1. The molecule has 0 spiro atoms. The zero-order valence-electron chi connectivity index (χ0n) is 14.7. The summed E-state index contributed by atoms with van der Waals surface area (Å²) in [4.78, 5) is 11.6. The number of anilines is 1. The van der Waals surface area contributed by atoms with E-state index in [1.54, 1.807) is 42.7 Å². The van der Waals surface area contributed by atoms with Crippen molar-refractivity contribution >= 4 is 21.6 Å². The van der Waals surface area contributed by atoms with Crippen LogP contribution in [-0.4, -0.2) is 30.7 Å². The van der Waals surface area contributed by atoms with Crippen molar-refractivity contribution in [1.29, 1.82) is 0 Å². The summed E-state index contributed by atoms with van der Waals surface area (Å²) in [5, 5.41) is 6.62. The Morgan fingerprint density at radius 2 is 1.83 bits per heavy atom. The number of hydrogen-bond donors (Lipinski definition) is 2. The van der Waals surface area contributed by atoms with Crippen LogP contribution in [0.25, 0.3) is 5.69 Å². The third kappa shape index (κ3) is 5.00. The molecule has 29 heavy (non-hydrogen) atoms. The normalized spacial score (nSPS) is 12.0. The van der Waals surface area contributed by atoms with Crippen molar-refractivity contribution in [2.24, 2.45) is 0 Å². The minimum Gasteiger partial charge on any atom is -0.323 e. The lowest BCUT2D eigenvalue weighted by Gasteiger charge is -2.12. The van der Waals surface area contributed by atoms with Gasteiger partial charge in [0.15, 0.2) is 0 Å². The molecule has 152 valence electrons. The highest BCUT2D eigenvalue weighted by Crippen LogP contribution is 2.30. The number of benzene rings is 2. The molecule has 1 aromatic heterocycles. The van der Waals surface area contributed by atoms with Crippen LogP contribution in [0.1, 0.15) is 5.56 Å². The number of nitrogens with zero attached hydrogens (tertiary/aromatic N) is 2. The topological polar surface area (TPSA) is 93.1 Å². The van der Waals surface area contributed by atoms with E-state index in [4.69, 9.17) is 0 Å². The molecule has 0 aliphatic rings. The van der Waals surface area contributed by atoms with Crippen LogP contribution in [-0.2, 0) is 21.0 Å². The molecule has 0 radical (unpaired) electrons. The standard InChI is InChI=1S/C18H15F3N4O3S/c19-18(20,21)13-5-3-6-14(11-13)29(27,28)23-12-17(26)24-15-7-1-2-8-16(15)25-10-4-9-22-25/h1-11,23H,12H2,(H,24,26). The number of alkyl halides is 3. The fourth-order valence-corrected chi connectivity index (χ4v) is 3.50. The second kappa shape index (κ2) is 8.05. The van der Waals surface area contributed by atoms with E-state index < -0.39 is 39.1 Å². The van der Waals surface area contributed by atoms with Crippen molar-refractivity contribution in [3.63, 3.8) is 0 Å². The minimum atomic E-state index is -4.68. The van der Waals surface area contributed by atoms with Gasteiger partial charge in [-0.2, -0.15) is 18.3 Å². The van der Waals surface area contributed by atoms with E-state index in [2.05, 4.69) is 10.4 Å². The second-order valence-electron chi connectivity index (χ2n) is 5.87. The van der Waals surface area contributed by atoms with Crippen LogP contribution in [0, 0.1) is 0 Å². The summed E-state index contributed by atoms with van der Waals surface area (Å²) >= 11 is 0. The third-order valence-electron chi connectivity index (χ3n) is 3.82. The summed E-state index contributed by atoms with van der Waals surface area (Å²) in [6.07, 6.45) is -1.46. The van der Waals surface area contributed by atoms with Gasteiger partial charge in [-0.05, 0) is 36.4 Å². The average molecular weight is 424 g/mol. The molecule has 2 N–H and O–H groups in total. The first-order valence-electron chi connectivity index (χ1n) is 8.23. The first-order chi connectivity index (χ1) is 13.7. The molecule has 1 heterocycles. The monoisotopic (exact) mass is 424 g/mol. The zero-order chi connectivity index (χ0) is 21.1. The van der Waals surface area contributed by atoms with Crippen molar-refractivity contribution in [2.45, 2.75) is 11.1 Å². The van der Waals surface area contributed by atoms with Gasteiger partial charge in [0.2, 0.25) is 15.9 Å². The van der Waals surface area contributed by atoms with Gasteiger partial charge in [0.05, 0.1) is 28.4 Å². The highest BCUT2D eigenvalue weighted by molar-refractivity contribution is 7.89. The van der Waals surface area contributed by atoms with Gasteiger partial charge >= 0.3 is 6.18 Å². The molecule has 0 unspecified atom stereocenters. The van der Waals surface area contributed by atoms with Gasteiger partial charge in [-0.15, -0.1) is 0 Å². The second-order valence-corrected chi connectivity index (χ2v) is 7.63. The first-order valence-corrected chi connectivity index (χ1v) is 9.71. The van der Waals surface area contributed by atoms with Crippen LogP contribution in [0.2, 0.25) is 0 Å². The molecule has 11 heteroatoms. The van der Waals surface area contributed by atoms with Crippen LogP contribution >= 0.6 is 0 Å². The molecule has 0 fully saturated rings. The maximum atomic E-state index is 12.8. The predicted molar refractivity (Wildman–Crippen MR) is 98.8 cm³/mol. The van der Waals surface area contributed by atoms with Crippen molar-refractivity contribution < 1.29 is 26.4 Å². The SMILES string of the molecule is O=C(CNS(=O)(=O)c1cccc(C(F)(F)F)c1)Nc1ccccc1-n1cccn1. The zero-order valence-corrected chi connectivity index (χ0v) is 15.5. The van der Waals surface area contributed by atoms with E-state index in [0.717, 1.165) is 18.2 Å². The fourth-order valence-electron chi connectivity index (χ4n) is 2.47. The molecule has 0 saturated carbocycles.